The van der Waals surface area contributed by atoms with Crippen LogP contribution in [-0.2, 0) is 0 Å². The van der Waals surface area contributed by atoms with Gasteiger partial charge in [-0.15, -0.1) is 0 Å². The smallest absolute Gasteiger partial charge is 0.0462 e. The van der Waals surface area contributed by atoms with Crippen LogP contribution >= 0.6 is 0 Å². The molecule has 2 nitrogen and oxygen atoms in total. The zero-order chi connectivity index (χ0) is 35.9. The highest BCUT2D eigenvalue weighted by molar-refractivity contribution is 5.80. The number of aryl methyl sites for hydroxylation is 4. The quantitative estimate of drug-likeness (QED) is 0.133. The SMILES string of the molecule is Cc1ccc(N(c2ccc(C)cc2)c2ccc(/C=C\c3ccc(/C=C/c4ccc(N(c5ccc(C)cc5)c5ccc(C)cc5)cc4)cc3)cc2)cc1. The number of hydrogen-bond acceptors (Lipinski definition) is 2. The summed E-state index contributed by atoms with van der Waals surface area (Å²) < 4.78 is 0. The Kier molecular flexibility index (Phi) is 10.3. The van der Waals surface area contributed by atoms with E-state index in [1.165, 1.54) is 33.4 Å². The molecule has 0 radical (unpaired) electrons. The molecule has 0 saturated heterocycles. The maximum Gasteiger partial charge on any atom is 0.0462 e. The second kappa shape index (κ2) is 15.7. The molecule has 0 fully saturated rings. The van der Waals surface area contributed by atoms with Gasteiger partial charge in [0.25, 0.3) is 0 Å². The van der Waals surface area contributed by atoms with Crippen molar-refractivity contribution in [2.75, 3.05) is 9.80 Å². The molecule has 52 heavy (non-hydrogen) atoms. The molecule has 0 aliphatic carbocycles. The molecular formula is C50H44N2. The molecule has 0 aliphatic heterocycles. The van der Waals surface area contributed by atoms with Gasteiger partial charge in [0.2, 0.25) is 0 Å². The Labute approximate surface area is 309 Å². The van der Waals surface area contributed by atoms with Crippen molar-refractivity contribution in [2.45, 2.75) is 27.7 Å². The summed E-state index contributed by atoms with van der Waals surface area (Å²) >= 11 is 0. The Hall–Kier alpha value is -6.38. The van der Waals surface area contributed by atoms with Crippen molar-refractivity contribution in [3.05, 3.63) is 214 Å². The number of rotatable bonds is 10. The zero-order valence-corrected chi connectivity index (χ0v) is 30.4. The van der Waals surface area contributed by atoms with Crippen molar-refractivity contribution in [3.63, 3.8) is 0 Å². The van der Waals surface area contributed by atoms with Crippen LogP contribution in [0, 0.1) is 27.7 Å². The molecule has 0 aliphatic rings. The molecule has 0 atom stereocenters. The summed E-state index contributed by atoms with van der Waals surface area (Å²) in [7, 11) is 0. The summed E-state index contributed by atoms with van der Waals surface area (Å²) in [4.78, 5) is 4.61. The van der Waals surface area contributed by atoms with Crippen molar-refractivity contribution in [1.82, 2.24) is 0 Å². The molecule has 0 aromatic heterocycles. The Bertz CT molecular complexity index is 2000. The lowest BCUT2D eigenvalue weighted by atomic mass is 10.1. The van der Waals surface area contributed by atoms with E-state index in [2.05, 4.69) is 232 Å². The average Bonchev–Trinajstić information content (AvgIpc) is 3.18. The maximum absolute atomic E-state index is 2.30. The molecule has 0 heterocycles. The van der Waals surface area contributed by atoms with E-state index in [9.17, 15) is 0 Å². The standard InChI is InChI=1S/C50H44N2/c1-37-5-25-45(26-6-37)51(46-27-7-38(2)8-28-46)49-33-21-43(22-34-49)19-17-41-13-15-42(16-14-41)18-20-44-23-35-50(36-24-44)52(47-29-9-39(3)10-30-47)48-31-11-40(4)12-32-48/h5-36H,1-4H3/b19-17-,20-18+. The fourth-order valence-electron chi connectivity index (χ4n) is 6.24. The Balaban J connectivity index is 1.02. The highest BCUT2D eigenvalue weighted by atomic mass is 15.1. The minimum atomic E-state index is 1.13. The molecule has 0 unspecified atom stereocenters. The van der Waals surface area contributed by atoms with Gasteiger partial charge < -0.3 is 9.80 Å². The fourth-order valence-corrected chi connectivity index (χ4v) is 6.24. The zero-order valence-electron chi connectivity index (χ0n) is 30.4. The lowest BCUT2D eigenvalue weighted by Gasteiger charge is -2.25. The molecule has 0 spiro atoms. The third-order valence-electron chi connectivity index (χ3n) is 9.34. The van der Waals surface area contributed by atoms with E-state index in [0.717, 1.165) is 45.3 Å². The lowest BCUT2D eigenvalue weighted by molar-refractivity contribution is 1.27. The molecule has 2 heteroatoms. The molecule has 0 saturated carbocycles. The van der Waals surface area contributed by atoms with E-state index >= 15 is 0 Å². The highest BCUT2D eigenvalue weighted by Gasteiger charge is 2.13. The van der Waals surface area contributed by atoms with Crippen molar-refractivity contribution in [2.24, 2.45) is 0 Å². The summed E-state index contributed by atoms with van der Waals surface area (Å²) in [6.07, 6.45) is 8.70. The van der Waals surface area contributed by atoms with Gasteiger partial charge in [-0.3, -0.25) is 0 Å². The van der Waals surface area contributed by atoms with Crippen LogP contribution in [0.15, 0.2) is 170 Å². The topological polar surface area (TPSA) is 6.48 Å². The summed E-state index contributed by atoms with van der Waals surface area (Å²) in [5.41, 5.74) is 16.5. The van der Waals surface area contributed by atoms with Crippen LogP contribution in [0.5, 0.6) is 0 Å². The van der Waals surface area contributed by atoms with E-state index in [1.54, 1.807) is 0 Å². The van der Waals surface area contributed by atoms with Crippen LogP contribution in [0.25, 0.3) is 24.3 Å². The molecule has 0 bridgehead atoms. The first-order valence-corrected chi connectivity index (χ1v) is 17.9. The van der Waals surface area contributed by atoms with Crippen molar-refractivity contribution < 1.29 is 0 Å². The predicted octanol–water partition coefficient (Wildman–Crippen LogP) is 14.2. The summed E-state index contributed by atoms with van der Waals surface area (Å²) in [6.45, 7) is 8.50. The minimum absolute atomic E-state index is 1.13. The minimum Gasteiger partial charge on any atom is -0.311 e. The van der Waals surface area contributed by atoms with Crippen LogP contribution < -0.4 is 9.80 Å². The first-order chi connectivity index (χ1) is 25.4. The van der Waals surface area contributed by atoms with Gasteiger partial charge in [0.1, 0.15) is 0 Å². The van der Waals surface area contributed by atoms with E-state index in [4.69, 9.17) is 0 Å². The Morgan fingerprint density at radius 2 is 0.385 bits per heavy atom. The Morgan fingerprint density at radius 1 is 0.231 bits per heavy atom. The number of benzene rings is 7. The van der Waals surface area contributed by atoms with Crippen LogP contribution in [-0.4, -0.2) is 0 Å². The van der Waals surface area contributed by atoms with Crippen LogP contribution in [0.1, 0.15) is 44.5 Å². The van der Waals surface area contributed by atoms with E-state index in [-0.39, 0.29) is 0 Å². The number of nitrogens with zero attached hydrogens (tertiary/aromatic N) is 2. The van der Waals surface area contributed by atoms with Crippen LogP contribution in [0.2, 0.25) is 0 Å². The molecule has 7 aromatic rings. The van der Waals surface area contributed by atoms with Gasteiger partial charge in [0.15, 0.2) is 0 Å². The molecule has 0 amide bonds. The third kappa shape index (κ3) is 8.31. The fraction of sp³-hybridized carbons (Fsp3) is 0.0800. The largest absolute Gasteiger partial charge is 0.311 e. The normalized spacial score (nSPS) is 11.3. The van der Waals surface area contributed by atoms with E-state index < -0.39 is 0 Å². The number of anilines is 6. The second-order valence-corrected chi connectivity index (χ2v) is 13.5. The predicted molar refractivity (Wildman–Crippen MR) is 225 cm³/mol. The van der Waals surface area contributed by atoms with Gasteiger partial charge in [-0.2, -0.15) is 0 Å². The van der Waals surface area contributed by atoms with Gasteiger partial charge in [-0.1, -0.05) is 144 Å². The van der Waals surface area contributed by atoms with Crippen molar-refractivity contribution in [1.29, 1.82) is 0 Å². The highest BCUT2D eigenvalue weighted by Crippen LogP contribution is 2.36. The van der Waals surface area contributed by atoms with Crippen molar-refractivity contribution in [3.8, 4) is 0 Å². The summed E-state index contributed by atoms with van der Waals surface area (Å²) in [5, 5.41) is 0. The molecule has 254 valence electrons. The monoisotopic (exact) mass is 672 g/mol. The van der Waals surface area contributed by atoms with E-state index in [0.29, 0.717) is 0 Å². The van der Waals surface area contributed by atoms with E-state index in [1.807, 2.05) is 0 Å². The molecule has 7 rings (SSSR count). The van der Waals surface area contributed by atoms with Gasteiger partial charge in [-0.05, 0) is 123 Å². The third-order valence-corrected chi connectivity index (χ3v) is 9.34. The van der Waals surface area contributed by atoms with Gasteiger partial charge in [0, 0.05) is 34.1 Å². The van der Waals surface area contributed by atoms with Gasteiger partial charge >= 0.3 is 0 Å². The molecule has 7 aromatic carbocycles. The van der Waals surface area contributed by atoms with Crippen molar-refractivity contribution >= 4 is 58.4 Å². The van der Waals surface area contributed by atoms with Gasteiger partial charge in [-0.25, -0.2) is 0 Å². The first kappa shape index (κ1) is 34.1. The number of hydrogen-bond donors (Lipinski definition) is 0. The molecule has 0 N–H and O–H groups in total. The second-order valence-electron chi connectivity index (χ2n) is 13.5. The lowest BCUT2D eigenvalue weighted by Crippen LogP contribution is -2.09. The summed E-state index contributed by atoms with van der Waals surface area (Å²) in [6, 6.07) is 61.0. The first-order valence-electron chi connectivity index (χ1n) is 17.9. The molecular weight excluding hydrogens is 629 g/mol. The Morgan fingerprint density at radius 3 is 0.577 bits per heavy atom. The summed E-state index contributed by atoms with van der Waals surface area (Å²) in [5.74, 6) is 0. The van der Waals surface area contributed by atoms with Crippen LogP contribution in [0.4, 0.5) is 34.1 Å². The average molecular weight is 673 g/mol. The van der Waals surface area contributed by atoms with Crippen LogP contribution in [0.3, 0.4) is 0 Å². The maximum atomic E-state index is 2.30. The van der Waals surface area contributed by atoms with Gasteiger partial charge in [0.05, 0.1) is 0 Å².